The highest BCUT2D eigenvalue weighted by atomic mass is 16.5. The summed E-state index contributed by atoms with van der Waals surface area (Å²) in [5, 5.41) is 3.19. The van der Waals surface area contributed by atoms with Gasteiger partial charge in [-0.3, -0.25) is 9.59 Å². The van der Waals surface area contributed by atoms with E-state index < -0.39 is 6.04 Å². The van der Waals surface area contributed by atoms with Crippen LogP contribution in [0.3, 0.4) is 0 Å². The highest BCUT2D eigenvalue weighted by Gasteiger charge is 2.30. The van der Waals surface area contributed by atoms with Crippen molar-refractivity contribution in [1.82, 2.24) is 10.2 Å². The number of hydrogen-bond donors (Lipinski definition) is 1. The normalized spacial score (nSPS) is 14.7. The molecule has 1 atom stereocenters. The number of rotatable bonds is 12. The van der Waals surface area contributed by atoms with Gasteiger partial charge in [0.25, 0.3) is 0 Å². The van der Waals surface area contributed by atoms with Gasteiger partial charge in [-0.15, -0.1) is 0 Å². The van der Waals surface area contributed by atoms with Gasteiger partial charge in [0, 0.05) is 19.0 Å². The predicted octanol–water partition coefficient (Wildman–Crippen LogP) is 4.75. The molecule has 2 aromatic carbocycles. The van der Waals surface area contributed by atoms with Crippen LogP contribution in [0.1, 0.15) is 57.4 Å². The van der Waals surface area contributed by atoms with E-state index in [4.69, 9.17) is 4.74 Å². The molecule has 32 heavy (non-hydrogen) atoms. The number of nitrogens with one attached hydrogen (secondary N) is 1. The first-order chi connectivity index (χ1) is 15.7. The fraction of sp³-hybridized carbons (Fsp3) is 0.481. The lowest BCUT2D eigenvalue weighted by Crippen LogP contribution is -2.51. The minimum atomic E-state index is -0.429. The summed E-state index contributed by atoms with van der Waals surface area (Å²) < 4.78 is 5.74. The van der Waals surface area contributed by atoms with Crippen LogP contribution < -0.4 is 10.1 Å². The van der Waals surface area contributed by atoms with Crippen molar-refractivity contribution >= 4 is 11.8 Å². The van der Waals surface area contributed by atoms with Crippen molar-refractivity contribution in [1.29, 1.82) is 0 Å². The molecular formula is C27H36N2O3. The molecule has 2 amide bonds. The molecule has 5 heteroatoms. The first kappa shape index (κ1) is 23.8. The van der Waals surface area contributed by atoms with Crippen molar-refractivity contribution in [3.8, 4) is 5.75 Å². The number of benzene rings is 2. The third kappa shape index (κ3) is 7.40. The van der Waals surface area contributed by atoms with Crippen LogP contribution in [0.2, 0.25) is 0 Å². The maximum Gasteiger partial charge on any atom is 0.243 e. The second-order valence-electron chi connectivity index (χ2n) is 8.50. The van der Waals surface area contributed by atoms with E-state index in [2.05, 4.69) is 17.4 Å². The Morgan fingerprint density at radius 3 is 2.34 bits per heavy atom. The summed E-state index contributed by atoms with van der Waals surface area (Å²) in [6.07, 6.45) is 6.75. The number of nitrogens with zero attached hydrogens (tertiary/aromatic N) is 1. The Morgan fingerprint density at radius 2 is 1.69 bits per heavy atom. The SMILES string of the molecule is CCC(C(=O)NC1CCCC1)N(CCc1ccccc1)C(=O)CCCOc1ccccc1. The molecule has 0 heterocycles. The van der Waals surface area contributed by atoms with Crippen LogP contribution in [0.4, 0.5) is 0 Å². The van der Waals surface area contributed by atoms with Gasteiger partial charge in [-0.05, 0) is 49.8 Å². The summed E-state index contributed by atoms with van der Waals surface area (Å²) in [6.45, 7) is 3.01. The fourth-order valence-corrected chi connectivity index (χ4v) is 4.34. The average Bonchev–Trinajstić information content (AvgIpc) is 3.33. The molecule has 1 saturated carbocycles. The number of carbonyl (C=O) groups excluding carboxylic acids is 2. The Labute approximate surface area is 192 Å². The lowest BCUT2D eigenvalue weighted by molar-refractivity contribution is -0.141. The van der Waals surface area contributed by atoms with E-state index in [0.29, 0.717) is 32.4 Å². The molecule has 0 radical (unpaired) electrons. The number of para-hydroxylation sites is 1. The minimum absolute atomic E-state index is 0.0126. The molecule has 2 aromatic rings. The zero-order chi connectivity index (χ0) is 22.6. The third-order valence-corrected chi connectivity index (χ3v) is 6.12. The Hall–Kier alpha value is -2.82. The van der Waals surface area contributed by atoms with Crippen LogP contribution in [0, 0.1) is 0 Å². The molecule has 0 aromatic heterocycles. The van der Waals surface area contributed by atoms with Gasteiger partial charge in [0.1, 0.15) is 11.8 Å². The minimum Gasteiger partial charge on any atom is -0.494 e. The molecule has 172 valence electrons. The smallest absolute Gasteiger partial charge is 0.243 e. The molecule has 0 spiro atoms. The van der Waals surface area contributed by atoms with Gasteiger partial charge in [-0.2, -0.15) is 0 Å². The molecule has 3 rings (SSSR count). The molecule has 1 fully saturated rings. The lowest BCUT2D eigenvalue weighted by atomic mass is 10.1. The van der Waals surface area contributed by atoms with Gasteiger partial charge in [0.05, 0.1) is 6.61 Å². The maximum absolute atomic E-state index is 13.2. The number of carbonyl (C=O) groups is 2. The van der Waals surface area contributed by atoms with Crippen molar-refractivity contribution in [2.75, 3.05) is 13.2 Å². The number of ether oxygens (including phenoxy) is 1. The first-order valence-corrected chi connectivity index (χ1v) is 12.0. The summed E-state index contributed by atoms with van der Waals surface area (Å²) in [5.74, 6) is 0.815. The van der Waals surface area contributed by atoms with E-state index in [-0.39, 0.29) is 17.9 Å². The van der Waals surface area contributed by atoms with Gasteiger partial charge >= 0.3 is 0 Å². The average molecular weight is 437 g/mol. The van der Waals surface area contributed by atoms with E-state index >= 15 is 0 Å². The summed E-state index contributed by atoms with van der Waals surface area (Å²) in [7, 11) is 0. The van der Waals surface area contributed by atoms with Gasteiger partial charge < -0.3 is 15.0 Å². The van der Waals surface area contributed by atoms with Crippen molar-refractivity contribution < 1.29 is 14.3 Å². The molecule has 1 aliphatic rings. The van der Waals surface area contributed by atoms with Crippen LogP contribution in [-0.2, 0) is 16.0 Å². The van der Waals surface area contributed by atoms with Crippen molar-refractivity contribution in [3.05, 3.63) is 66.2 Å². The fourth-order valence-electron chi connectivity index (χ4n) is 4.34. The van der Waals surface area contributed by atoms with E-state index in [1.807, 2.05) is 55.5 Å². The zero-order valence-corrected chi connectivity index (χ0v) is 19.2. The third-order valence-electron chi connectivity index (χ3n) is 6.12. The molecule has 1 N–H and O–H groups in total. The largest absolute Gasteiger partial charge is 0.494 e. The Bertz CT molecular complexity index is 819. The van der Waals surface area contributed by atoms with Crippen LogP contribution in [0.15, 0.2) is 60.7 Å². The van der Waals surface area contributed by atoms with Crippen molar-refractivity contribution in [3.63, 3.8) is 0 Å². The van der Waals surface area contributed by atoms with Crippen LogP contribution >= 0.6 is 0 Å². The topological polar surface area (TPSA) is 58.6 Å². The van der Waals surface area contributed by atoms with Crippen LogP contribution in [-0.4, -0.2) is 41.9 Å². The summed E-state index contributed by atoms with van der Waals surface area (Å²) in [4.78, 5) is 28.1. The van der Waals surface area contributed by atoms with Gasteiger partial charge in [0.15, 0.2) is 0 Å². The number of hydrogen-bond acceptors (Lipinski definition) is 3. The lowest BCUT2D eigenvalue weighted by Gasteiger charge is -2.31. The molecule has 0 bridgehead atoms. The van der Waals surface area contributed by atoms with Crippen LogP contribution in [0.25, 0.3) is 0 Å². The van der Waals surface area contributed by atoms with E-state index in [1.165, 1.54) is 18.4 Å². The molecule has 1 unspecified atom stereocenters. The second-order valence-corrected chi connectivity index (χ2v) is 8.50. The highest BCUT2D eigenvalue weighted by Crippen LogP contribution is 2.19. The molecule has 1 aliphatic carbocycles. The van der Waals surface area contributed by atoms with Crippen molar-refractivity contribution in [2.24, 2.45) is 0 Å². The summed E-state index contributed by atoms with van der Waals surface area (Å²) in [5.41, 5.74) is 1.17. The second kappa shape index (κ2) is 12.9. The van der Waals surface area contributed by atoms with E-state index in [9.17, 15) is 9.59 Å². The summed E-state index contributed by atoms with van der Waals surface area (Å²) in [6, 6.07) is 19.6. The van der Waals surface area contributed by atoms with E-state index in [0.717, 1.165) is 25.0 Å². The maximum atomic E-state index is 13.2. The van der Waals surface area contributed by atoms with Gasteiger partial charge in [-0.1, -0.05) is 68.3 Å². The zero-order valence-electron chi connectivity index (χ0n) is 19.2. The predicted molar refractivity (Wildman–Crippen MR) is 128 cm³/mol. The van der Waals surface area contributed by atoms with Crippen LogP contribution in [0.5, 0.6) is 5.75 Å². The Kier molecular flexibility index (Phi) is 9.60. The van der Waals surface area contributed by atoms with E-state index in [1.54, 1.807) is 4.90 Å². The molecular weight excluding hydrogens is 400 g/mol. The van der Waals surface area contributed by atoms with Gasteiger partial charge in [-0.25, -0.2) is 0 Å². The molecule has 0 aliphatic heterocycles. The summed E-state index contributed by atoms with van der Waals surface area (Å²) >= 11 is 0. The quantitative estimate of drug-likeness (QED) is 0.488. The van der Waals surface area contributed by atoms with Crippen molar-refractivity contribution in [2.45, 2.75) is 70.4 Å². The standard InChI is InChI=1S/C27H36N2O3/c1-2-25(27(31)28-23-14-9-10-15-23)29(20-19-22-12-5-3-6-13-22)26(30)18-11-21-32-24-16-7-4-8-17-24/h3-8,12-13,16-17,23,25H,2,9-11,14-15,18-21H2,1H3,(H,28,31). The monoisotopic (exact) mass is 436 g/mol. The highest BCUT2D eigenvalue weighted by molar-refractivity contribution is 5.87. The molecule has 0 saturated heterocycles. The molecule has 5 nitrogen and oxygen atoms in total. The Morgan fingerprint density at radius 1 is 1.03 bits per heavy atom. The first-order valence-electron chi connectivity index (χ1n) is 12.0. The number of amides is 2. The van der Waals surface area contributed by atoms with Gasteiger partial charge in [0.2, 0.25) is 11.8 Å². The Balaban J connectivity index is 1.59.